The molecular weight excluding hydrogens is 750 g/mol. The number of rotatable bonds is 10. The zero-order valence-corrected chi connectivity index (χ0v) is 32.2. The first-order valence-corrected chi connectivity index (χ1v) is 20.2. The fourth-order valence-electron chi connectivity index (χ4n) is 7.66. The van der Waals surface area contributed by atoms with Gasteiger partial charge in [-0.2, -0.15) is 18.3 Å². The number of aromatic nitrogens is 4. The van der Waals surface area contributed by atoms with Crippen LogP contribution in [-0.4, -0.2) is 121 Å². The monoisotopic (exact) mass is 796 g/mol. The lowest BCUT2D eigenvalue weighted by molar-refractivity contribution is -0.137. The lowest BCUT2D eigenvalue weighted by Crippen LogP contribution is -2.49. The summed E-state index contributed by atoms with van der Waals surface area (Å²) in [6.07, 6.45) is 4.71. The number of benzene rings is 1. The highest BCUT2D eigenvalue weighted by atomic mass is 32.2. The van der Waals surface area contributed by atoms with E-state index in [0.717, 1.165) is 70.2 Å². The highest BCUT2D eigenvalue weighted by molar-refractivity contribution is 7.80. The average molecular weight is 797 g/mol. The third kappa shape index (κ3) is 10.1. The van der Waals surface area contributed by atoms with Crippen molar-refractivity contribution in [3.8, 4) is 23.1 Å². The zero-order chi connectivity index (χ0) is 39.2. The molecule has 1 atom stereocenters. The average Bonchev–Trinajstić information content (AvgIpc) is 3.63. The van der Waals surface area contributed by atoms with E-state index in [1.54, 1.807) is 11.9 Å². The van der Waals surface area contributed by atoms with E-state index >= 15 is 0 Å². The number of halogens is 3. The predicted octanol–water partition coefficient (Wildman–Crippen LogP) is 4.04. The van der Waals surface area contributed by atoms with Crippen LogP contribution in [0.3, 0.4) is 0 Å². The molecule has 3 amide bonds. The lowest BCUT2D eigenvalue weighted by atomic mass is 9.96. The normalized spacial score (nSPS) is 20.8. The van der Waals surface area contributed by atoms with E-state index in [1.165, 1.54) is 17.1 Å². The van der Waals surface area contributed by atoms with E-state index in [0.29, 0.717) is 50.7 Å². The molecular formula is C38H47F3N10O4S. The van der Waals surface area contributed by atoms with Crippen LogP contribution < -0.4 is 15.5 Å². The molecule has 0 bridgehead atoms. The Balaban J connectivity index is 0.790. The molecule has 7 rings (SSSR count). The number of imide groups is 1. The summed E-state index contributed by atoms with van der Waals surface area (Å²) < 4.78 is 66.2. The molecule has 2 N–H and O–H groups in total. The largest absolute Gasteiger partial charge is 0.419 e. The fourth-order valence-corrected chi connectivity index (χ4v) is 9.03. The summed E-state index contributed by atoms with van der Waals surface area (Å²) in [7, 11) is 1.64. The van der Waals surface area contributed by atoms with Gasteiger partial charge >= 0.3 is 12.2 Å². The molecule has 3 aromatic rings. The fraction of sp³-hybridized carbons (Fsp3) is 0.553. The zero-order valence-electron chi connectivity index (χ0n) is 31.3. The molecule has 4 aliphatic rings. The first-order valence-electron chi connectivity index (χ1n) is 19.1. The summed E-state index contributed by atoms with van der Waals surface area (Å²) in [5, 5.41) is 9.54. The van der Waals surface area contributed by atoms with Crippen LogP contribution in [0.25, 0.3) is 11.3 Å². The molecule has 2 aromatic heterocycles. The number of alkyl halides is 3. The van der Waals surface area contributed by atoms with E-state index < -0.39 is 28.9 Å². The number of hydrogen-bond acceptors (Lipinski definition) is 9. The number of carbonyl (C=O) groups is 2. The van der Waals surface area contributed by atoms with Crippen molar-refractivity contribution < 1.29 is 31.7 Å². The summed E-state index contributed by atoms with van der Waals surface area (Å²) in [6.45, 7) is 6.39. The second kappa shape index (κ2) is 17.8. The smallest absolute Gasteiger partial charge is 0.365 e. The lowest BCUT2D eigenvalue weighted by Gasteiger charge is -2.39. The van der Waals surface area contributed by atoms with E-state index in [1.807, 2.05) is 28.6 Å². The molecule has 56 heavy (non-hydrogen) atoms. The Labute approximate surface area is 326 Å². The van der Waals surface area contributed by atoms with Crippen molar-refractivity contribution in [3.63, 3.8) is 0 Å². The van der Waals surface area contributed by atoms with Crippen LogP contribution >= 0.6 is 0 Å². The first-order chi connectivity index (χ1) is 27.0. The van der Waals surface area contributed by atoms with Crippen molar-refractivity contribution in [2.75, 3.05) is 69.2 Å². The van der Waals surface area contributed by atoms with E-state index in [2.05, 4.69) is 46.7 Å². The molecule has 1 unspecified atom stereocenters. The molecule has 0 saturated carbocycles. The Morgan fingerprint density at radius 1 is 0.982 bits per heavy atom. The van der Waals surface area contributed by atoms with Gasteiger partial charge in [0.2, 0.25) is 11.9 Å². The highest BCUT2D eigenvalue weighted by Gasteiger charge is 2.36. The summed E-state index contributed by atoms with van der Waals surface area (Å²) in [5.74, 6) is 6.65. The Hall–Kier alpha value is -4.41. The molecule has 4 fully saturated rings. The van der Waals surface area contributed by atoms with Crippen molar-refractivity contribution in [2.24, 2.45) is 13.0 Å². The predicted molar refractivity (Wildman–Crippen MR) is 204 cm³/mol. The standard InChI is InChI=1S/C38H47F3N10O4S/c1-47-26-29(23-43-47)35-33(38(39,40)41)24-42-36(46-35)44-30-9-18-50(19-10-30)56(54)49-16-7-28(8-17-49)25-48-14-11-32(12-15-48)55-21-3-5-27-4-2-6-31(22-27)51-20-13-34(52)45-37(51)53/h2,4,6,22-24,26,28,30,32H,7-21,25H2,1H3,(H,42,44,46)(H,45,52,53). The van der Waals surface area contributed by atoms with Gasteiger partial charge in [-0.1, -0.05) is 17.9 Å². The van der Waals surface area contributed by atoms with E-state index in [9.17, 15) is 27.0 Å². The summed E-state index contributed by atoms with van der Waals surface area (Å²) in [4.78, 5) is 35.9. The quantitative estimate of drug-likeness (QED) is 0.291. The minimum Gasteiger partial charge on any atom is -0.365 e. The number of urea groups is 1. The van der Waals surface area contributed by atoms with E-state index in [-0.39, 0.29) is 41.7 Å². The van der Waals surface area contributed by atoms with E-state index in [4.69, 9.17) is 4.74 Å². The van der Waals surface area contributed by atoms with Gasteiger partial charge in [-0.25, -0.2) is 27.6 Å². The molecule has 6 heterocycles. The number of ether oxygens (including phenoxy) is 1. The van der Waals surface area contributed by atoms with Crippen molar-refractivity contribution in [2.45, 2.75) is 63.3 Å². The molecule has 4 aliphatic heterocycles. The van der Waals surface area contributed by atoms with Crippen molar-refractivity contribution in [1.82, 2.24) is 38.6 Å². The van der Waals surface area contributed by atoms with Crippen LogP contribution in [0.4, 0.5) is 29.6 Å². The second-order valence-electron chi connectivity index (χ2n) is 14.7. The van der Waals surface area contributed by atoms with Gasteiger partial charge in [-0.3, -0.25) is 19.7 Å². The minimum atomic E-state index is -4.60. The third-order valence-electron chi connectivity index (χ3n) is 10.8. The number of hydrogen-bond donors (Lipinski definition) is 2. The number of nitrogens with one attached hydrogen (secondary N) is 2. The maximum atomic E-state index is 13.7. The van der Waals surface area contributed by atoms with Gasteiger partial charge in [-0.05, 0) is 62.6 Å². The molecule has 4 saturated heterocycles. The molecule has 0 aliphatic carbocycles. The molecule has 0 spiro atoms. The first kappa shape index (κ1) is 39.8. The Morgan fingerprint density at radius 2 is 1.71 bits per heavy atom. The van der Waals surface area contributed by atoms with Crippen LogP contribution in [0.5, 0.6) is 0 Å². The van der Waals surface area contributed by atoms with Gasteiger partial charge in [0.05, 0.1) is 18.0 Å². The highest BCUT2D eigenvalue weighted by Crippen LogP contribution is 2.36. The molecule has 300 valence electrons. The number of anilines is 2. The Bertz CT molecular complexity index is 1940. The molecule has 18 heteroatoms. The number of likely N-dealkylation sites (tertiary alicyclic amines) is 1. The number of amides is 3. The van der Waals surface area contributed by atoms with Gasteiger partial charge in [0, 0.05) is 101 Å². The maximum absolute atomic E-state index is 13.7. The van der Waals surface area contributed by atoms with Crippen LogP contribution in [0.2, 0.25) is 0 Å². The van der Waals surface area contributed by atoms with Gasteiger partial charge < -0.3 is 15.0 Å². The summed E-state index contributed by atoms with van der Waals surface area (Å²) in [5.41, 5.74) is 0.627. The topological polar surface area (TPSA) is 141 Å². The van der Waals surface area contributed by atoms with Crippen molar-refractivity contribution in [3.05, 3.63) is 54.0 Å². The van der Waals surface area contributed by atoms with Gasteiger partial charge in [0.1, 0.15) is 12.2 Å². The molecule has 0 radical (unpaired) electrons. The van der Waals surface area contributed by atoms with Crippen molar-refractivity contribution in [1.29, 1.82) is 0 Å². The van der Waals surface area contributed by atoms with Gasteiger partial charge in [0.25, 0.3) is 0 Å². The number of aryl methyl sites for hydroxylation is 1. The molecule has 14 nitrogen and oxygen atoms in total. The summed E-state index contributed by atoms with van der Waals surface area (Å²) >= 11 is -1.24. The Morgan fingerprint density at radius 3 is 2.39 bits per heavy atom. The van der Waals surface area contributed by atoms with Gasteiger partial charge in [0.15, 0.2) is 11.2 Å². The number of piperidine rings is 3. The van der Waals surface area contributed by atoms with Crippen LogP contribution in [0, 0.1) is 17.8 Å². The van der Waals surface area contributed by atoms with Crippen molar-refractivity contribution >= 4 is 34.7 Å². The maximum Gasteiger partial charge on any atom is 0.419 e. The Kier molecular flexibility index (Phi) is 12.7. The number of nitrogens with zero attached hydrogens (tertiary/aromatic N) is 8. The minimum absolute atomic E-state index is 0.0511. The number of carbonyl (C=O) groups excluding carboxylic acids is 2. The van der Waals surface area contributed by atoms with Crippen LogP contribution in [0.1, 0.15) is 56.1 Å². The van der Waals surface area contributed by atoms with Crippen LogP contribution in [-0.2, 0) is 33.9 Å². The SMILES string of the molecule is Cn1cc(-c2nc(NC3CCN(S(=O)N4CCC(CN5CCC(OCC#Cc6cccc(N7CCC(=O)NC7=O)c6)CC5)CC4)CC3)ncc2C(F)(F)F)cn1. The summed E-state index contributed by atoms with van der Waals surface area (Å²) in [6, 6.07) is 6.94. The van der Waals surface area contributed by atoms with Gasteiger partial charge in [-0.15, -0.1) is 0 Å². The third-order valence-corrected chi connectivity index (χ3v) is 12.4. The second-order valence-corrected chi connectivity index (χ2v) is 16.2. The molecule has 1 aromatic carbocycles. The van der Waals surface area contributed by atoms with Crippen LogP contribution in [0.15, 0.2) is 42.9 Å².